The van der Waals surface area contributed by atoms with Gasteiger partial charge in [0.15, 0.2) is 5.66 Å². The summed E-state index contributed by atoms with van der Waals surface area (Å²) in [5.74, 6) is -1.23. The lowest BCUT2D eigenvalue weighted by molar-refractivity contribution is -0.143. The van der Waals surface area contributed by atoms with Crippen LogP contribution in [0.15, 0.2) is 24.3 Å². The van der Waals surface area contributed by atoms with Gasteiger partial charge in [-0.1, -0.05) is 18.7 Å². The first-order valence-electron chi connectivity index (χ1n) is 7.86. The van der Waals surface area contributed by atoms with Gasteiger partial charge in [-0.25, -0.2) is 4.79 Å². The normalized spacial score (nSPS) is 13.2. The Hall–Kier alpha value is -1.43. The Morgan fingerprint density at radius 2 is 1.67 bits per heavy atom. The van der Waals surface area contributed by atoms with Crippen molar-refractivity contribution in [3.8, 4) is 0 Å². The average Bonchev–Trinajstić information content (AvgIpc) is 2.53. The molecule has 0 aliphatic heterocycles. The highest BCUT2D eigenvalue weighted by atomic mass is 31.2. The van der Waals surface area contributed by atoms with Gasteiger partial charge in [0.05, 0.1) is 19.8 Å². The van der Waals surface area contributed by atoms with Gasteiger partial charge in [-0.15, -0.1) is 0 Å². The van der Waals surface area contributed by atoms with Crippen LogP contribution in [0.3, 0.4) is 0 Å². The first-order valence-corrected chi connectivity index (χ1v) is 9.47. The van der Waals surface area contributed by atoms with Crippen molar-refractivity contribution in [2.24, 2.45) is 0 Å². The average molecular weight is 362 g/mol. The van der Waals surface area contributed by atoms with Gasteiger partial charge in [0.25, 0.3) is 0 Å². The Morgan fingerprint density at radius 1 is 1.08 bits per heavy atom. The van der Waals surface area contributed by atoms with Crippen molar-refractivity contribution in [3.05, 3.63) is 24.3 Å². The van der Waals surface area contributed by atoms with E-state index in [1.54, 1.807) is 27.7 Å². The third-order valence-corrected chi connectivity index (χ3v) is 5.28. The first-order chi connectivity index (χ1) is 11.4. The van der Waals surface area contributed by atoms with Gasteiger partial charge in [0.1, 0.15) is 6.61 Å². The molecule has 8 heteroatoms. The fraction of sp³-hybridized carbons (Fsp3) is 0.625. The topological polar surface area (TPSA) is 88.1 Å². The lowest BCUT2D eigenvalue weighted by atomic mass is 10.2. The molecule has 1 unspecified atom stereocenters. The number of esters is 2. The molecule has 0 amide bonds. The van der Waals surface area contributed by atoms with Crippen LogP contribution in [-0.4, -0.2) is 44.0 Å². The lowest BCUT2D eigenvalue weighted by Gasteiger charge is -2.24. The zero-order chi connectivity index (χ0) is 18.6. The molecule has 0 saturated heterocycles. The summed E-state index contributed by atoms with van der Waals surface area (Å²) < 4.78 is 33.2. The molecule has 0 radical (unpaired) electrons. The van der Waals surface area contributed by atoms with E-state index in [4.69, 9.17) is 18.5 Å². The third kappa shape index (κ3) is 7.43. The summed E-state index contributed by atoms with van der Waals surface area (Å²) in [4.78, 5) is 23.9. The zero-order valence-corrected chi connectivity index (χ0v) is 15.7. The molecule has 138 valence electrons. The molecule has 0 rings (SSSR count). The number of ether oxygens (including phenoxy) is 2. The molecule has 0 spiro atoms. The molecule has 0 aromatic rings. The number of hydrogen-bond donors (Lipinski definition) is 0. The molecule has 0 aliphatic rings. The number of rotatable bonds is 12. The minimum absolute atomic E-state index is 0.0227. The molecule has 0 fully saturated rings. The summed E-state index contributed by atoms with van der Waals surface area (Å²) in [5.41, 5.74) is -0.856. The van der Waals surface area contributed by atoms with Crippen molar-refractivity contribution in [2.45, 2.75) is 39.8 Å². The fourth-order valence-electron chi connectivity index (χ4n) is 1.79. The Kier molecular flexibility index (Phi) is 11.3. The third-order valence-electron chi connectivity index (χ3n) is 2.86. The smallest absolute Gasteiger partial charge is 0.345 e. The van der Waals surface area contributed by atoms with Crippen LogP contribution < -0.4 is 0 Å². The minimum atomic E-state index is -3.71. The molecule has 0 aromatic heterocycles. The number of carbonyl (C=O) groups excluding carboxylic acids is 2. The van der Waals surface area contributed by atoms with Crippen molar-refractivity contribution in [1.82, 2.24) is 0 Å². The second-order valence-electron chi connectivity index (χ2n) is 4.65. The molecule has 0 N–H and O–H groups in total. The highest BCUT2D eigenvalue weighted by Crippen LogP contribution is 2.54. The molecule has 24 heavy (non-hydrogen) atoms. The van der Waals surface area contributed by atoms with Gasteiger partial charge in [-0.05, 0) is 34.1 Å². The van der Waals surface area contributed by atoms with Crippen LogP contribution in [0.1, 0.15) is 34.1 Å². The van der Waals surface area contributed by atoms with E-state index in [0.717, 1.165) is 0 Å². The van der Waals surface area contributed by atoms with E-state index in [9.17, 15) is 14.2 Å². The molecule has 0 bridgehead atoms. The predicted octanol–water partition coefficient (Wildman–Crippen LogP) is 3.25. The number of allylic oxidation sites excluding steroid dienone is 1. The standard InChI is InChI=1S/C16H27O7P/c1-6-12-21-15(17)13(5)10-11-14(16(18)20-7-2)24(19,22-8-3)23-9-4/h6,10,14H,1,7-9,11-12H2,2-5H3/b13-10+. The summed E-state index contributed by atoms with van der Waals surface area (Å²) in [5, 5.41) is 0. The molecule has 7 nitrogen and oxygen atoms in total. The fourth-order valence-corrected chi connectivity index (χ4v) is 3.64. The Labute approximate surface area is 143 Å². The van der Waals surface area contributed by atoms with E-state index in [1.165, 1.54) is 12.2 Å². The lowest BCUT2D eigenvalue weighted by Crippen LogP contribution is -2.26. The summed E-state index contributed by atoms with van der Waals surface area (Å²) in [6.45, 7) is 10.4. The van der Waals surface area contributed by atoms with Gasteiger partial charge in [-0.3, -0.25) is 9.36 Å². The molecule has 0 saturated carbocycles. The highest BCUT2D eigenvalue weighted by Gasteiger charge is 2.41. The molecular formula is C16H27O7P. The van der Waals surface area contributed by atoms with E-state index < -0.39 is 25.2 Å². The highest BCUT2D eigenvalue weighted by molar-refractivity contribution is 7.55. The van der Waals surface area contributed by atoms with E-state index in [-0.39, 0.29) is 38.4 Å². The van der Waals surface area contributed by atoms with Crippen LogP contribution in [0.4, 0.5) is 0 Å². The summed E-state index contributed by atoms with van der Waals surface area (Å²) >= 11 is 0. The molecular weight excluding hydrogens is 335 g/mol. The monoisotopic (exact) mass is 362 g/mol. The SMILES string of the molecule is C=CCOC(=O)/C(C)=C/CC(C(=O)OCC)P(=O)(OCC)OCC. The van der Waals surface area contributed by atoms with Crippen molar-refractivity contribution < 1.29 is 32.7 Å². The predicted molar refractivity (Wildman–Crippen MR) is 90.8 cm³/mol. The molecule has 0 aromatic carbocycles. The van der Waals surface area contributed by atoms with Crippen LogP contribution in [0.25, 0.3) is 0 Å². The quantitative estimate of drug-likeness (QED) is 0.228. The molecule has 0 heterocycles. The summed E-state index contributed by atoms with van der Waals surface area (Å²) in [7, 11) is -3.71. The van der Waals surface area contributed by atoms with Gasteiger partial charge in [0, 0.05) is 5.57 Å². The van der Waals surface area contributed by atoms with E-state index >= 15 is 0 Å². The van der Waals surface area contributed by atoms with Crippen LogP contribution in [0, 0.1) is 0 Å². The van der Waals surface area contributed by atoms with Crippen LogP contribution >= 0.6 is 7.60 Å². The van der Waals surface area contributed by atoms with Crippen molar-refractivity contribution >= 4 is 19.5 Å². The van der Waals surface area contributed by atoms with Gasteiger partial charge < -0.3 is 18.5 Å². The first kappa shape index (κ1) is 22.6. The second kappa shape index (κ2) is 12.0. The van der Waals surface area contributed by atoms with E-state index in [0.29, 0.717) is 0 Å². The van der Waals surface area contributed by atoms with E-state index in [1.807, 2.05) is 0 Å². The second-order valence-corrected chi connectivity index (χ2v) is 6.87. The Morgan fingerprint density at radius 3 is 2.12 bits per heavy atom. The Bertz CT molecular complexity index is 489. The number of hydrogen-bond acceptors (Lipinski definition) is 7. The van der Waals surface area contributed by atoms with Crippen LogP contribution in [0.5, 0.6) is 0 Å². The van der Waals surface area contributed by atoms with Gasteiger partial charge >= 0.3 is 19.5 Å². The maximum absolute atomic E-state index is 12.9. The van der Waals surface area contributed by atoms with Crippen LogP contribution in [0.2, 0.25) is 0 Å². The summed E-state index contributed by atoms with van der Waals surface area (Å²) in [6, 6.07) is 0. The van der Waals surface area contributed by atoms with Gasteiger partial charge in [-0.2, -0.15) is 0 Å². The zero-order valence-electron chi connectivity index (χ0n) is 14.8. The Balaban J connectivity index is 5.34. The van der Waals surface area contributed by atoms with Gasteiger partial charge in [0.2, 0.25) is 0 Å². The summed E-state index contributed by atoms with van der Waals surface area (Å²) in [6.07, 6.45) is 2.90. The number of carbonyl (C=O) groups is 2. The van der Waals surface area contributed by atoms with Crippen molar-refractivity contribution in [3.63, 3.8) is 0 Å². The van der Waals surface area contributed by atoms with Crippen molar-refractivity contribution in [1.29, 1.82) is 0 Å². The maximum Gasteiger partial charge on any atom is 0.345 e. The van der Waals surface area contributed by atoms with E-state index in [2.05, 4.69) is 6.58 Å². The molecule has 0 aliphatic carbocycles. The largest absolute Gasteiger partial charge is 0.465 e. The maximum atomic E-state index is 12.9. The minimum Gasteiger partial charge on any atom is -0.465 e. The van der Waals surface area contributed by atoms with Crippen molar-refractivity contribution in [2.75, 3.05) is 26.4 Å². The molecule has 1 atom stereocenters. The van der Waals surface area contributed by atoms with Crippen LogP contribution in [-0.2, 0) is 32.7 Å².